The first-order chi connectivity index (χ1) is 12.1. The third kappa shape index (κ3) is 4.68. The molecule has 134 valence electrons. The van der Waals surface area contributed by atoms with Gasteiger partial charge in [0.2, 0.25) is 0 Å². The molecule has 2 N–H and O–H groups in total. The lowest BCUT2D eigenvalue weighted by molar-refractivity contribution is 0.438. The number of nitrogens with zero attached hydrogens (tertiary/aromatic N) is 2. The molecule has 0 unspecified atom stereocenters. The van der Waals surface area contributed by atoms with Gasteiger partial charge in [0.05, 0.1) is 11.4 Å². The minimum Gasteiger partial charge on any atom is -0.397 e. The maximum Gasteiger partial charge on any atom is 0.0600 e. The van der Waals surface area contributed by atoms with Crippen LogP contribution in [-0.2, 0) is 6.42 Å². The Morgan fingerprint density at radius 1 is 1.08 bits per heavy atom. The van der Waals surface area contributed by atoms with E-state index in [9.17, 15) is 0 Å². The molecule has 3 nitrogen and oxygen atoms in total. The van der Waals surface area contributed by atoms with Crippen LogP contribution in [0.2, 0.25) is 0 Å². The van der Waals surface area contributed by atoms with E-state index in [2.05, 4.69) is 72.3 Å². The second-order valence-corrected chi connectivity index (χ2v) is 7.42. The average Bonchev–Trinajstić information content (AvgIpc) is 2.63. The number of nitrogens with two attached hydrogens (primary N) is 1. The standard InChI is InChI=1S/C22H31N3/c1-18-12-15-25(16-13-18)22-11-10-19(17-21(22)23)7-6-14-24(2)20-8-4-3-5-9-20/h3-5,8-11,17-18H,6-7,12-16,23H2,1-2H3. The molecule has 3 rings (SSSR count). The molecule has 1 aliphatic heterocycles. The topological polar surface area (TPSA) is 32.5 Å². The maximum absolute atomic E-state index is 6.36. The minimum atomic E-state index is 0.846. The van der Waals surface area contributed by atoms with Gasteiger partial charge in [-0.05, 0) is 61.4 Å². The highest BCUT2D eigenvalue weighted by atomic mass is 15.1. The first kappa shape index (κ1) is 17.7. The number of para-hydroxylation sites is 1. The molecule has 1 aliphatic rings. The summed E-state index contributed by atoms with van der Waals surface area (Å²) >= 11 is 0. The normalized spacial score (nSPS) is 15.4. The fraction of sp³-hybridized carbons (Fsp3) is 0.455. The van der Waals surface area contributed by atoms with Gasteiger partial charge in [0.1, 0.15) is 0 Å². The molecule has 0 aromatic heterocycles. The van der Waals surface area contributed by atoms with Crippen LogP contribution in [-0.4, -0.2) is 26.7 Å². The van der Waals surface area contributed by atoms with Gasteiger partial charge in [-0.15, -0.1) is 0 Å². The van der Waals surface area contributed by atoms with Crippen LogP contribution in [0.25, 0.3) is 0 Å². The summed E-state index contributed by atoms with van der Waals surface area (Å²) in [5.41, 5.74) is 11.1. The third-order valence-electron chi connectivity index (χ3n) is 5.37. The number of anilines is 3. The number of piperidine rings is 1. The number of benzene rings is 2. The van der Waals surface area contributed by atoms with Crippen LogP contribution in [0.1, 0.15) is 31.7 Å². The van der Waals surface area contributed by atoms with E-state index < -0.39 is 0 Å². The number of hydrogen-bond acceptors (Lipinski definition) is 3. The Morgan fingerprint density at radius 3 is 2.48 bits per heavy atom. The molecule has 0 spiro atoms. The lowest BCUT2D eigenvalue weighted by Crippen LogP contribution is -2.33. The Hall–Kier alpha value is -2.16. The molecule has 0 atom stereocenters. The van der Waals surface area contributed by atoms with Crippen molar-refractivity contribution in [3.05, 3.63) is 54.1 Å². The highest BCUT2D eigenvalue weighted by molar-refractivity contribution is 5.68. The fourth-order valence-electron chi connectivity index (χ4n) is 3.63. The second kappa shape index (κ2) is 8.28. The minimum absolute atomic E-state index is 0.846. The van der Waals surface area contributed by atoms with Crippen molar-refractivity contribution in [2.24, 2.45) is 5.92 Å². The number of nitrogen functional groups attached to an aromatic ring is 1. The summed E-state index contributed by atoms with van der Waals surface area (Å²) in [4.78, 5) is 4.76. The Bertz CT molecular complexity index is 660. The summed E-state index contributed by atoms with van der Waals surface area (Å²) in [6, 6.07) is 17.2. The first-order valence-electron chi connectivity index (χ1n) is 9.53. The van der Waals surface area contributed by atoms with Crippen LogP contribution in [0, 0.1) is 5.92 Å². The van der Waals surface area contributed by atoms with E-state index >= 15 is 0 Å². The van der Waals surface area contributed by atoms with Crippen molar-refractivity contribution >= 4 is 17.1 Å². The van der Waals surface area contributed by atoms with E-state index in [0.717, 1.165) is 44.1 Å². The third-order valence-corrected chi connectivity index (χ3v) is 5.37. The Balaban J connectivity index is 1.53. The maximum atomic E-state index is 6.36. The van der Waals surface area contributed by atoms with Crippen molar-refractivity contribution in [1.82, 2.24) is 0 Å². The summed E-state index contributed by atoms with van der Waals surface area (Å²) in [5.74, 6) is 0.846. The molecule has 25 heavy (non-hydrogen) atoms. The van der Waals surface area contributed by atoms with Crippen LogP contribution in [0.3, 0.4) is 0 Å². The second-order valence-electron chi connectivity index (χ2n) is 7.42. The van der Waals surface area contributed by atoms with Gasteiger partial charge in [-0.25, -0.2) is 0 Å². The number of rotatable bonds is 6. The Morgan fingerprint density at radius 2 is 1.80 bits per heavy atom. The average molecular weight is 338 g/mol. The van der Waals surface area contributed by atoms with Gasteiger partial charge in [-0.2, -0.15) is 0 Å². The van der Waals surface area contributed by atoms with Gasteiger partial charge in [0, 0.05) is 32.4 Å². The summed E-state index contributed by atoms with van der Waals surface area (Å²) in [7, 11) is 2.16. The molecule has 0 bridgehead atoms. The van der Waals surface area contributed by atoms with Gasteiger partial charge in [-0.1, -0.05) is 31.2 Å². The van der Waals surface area contributed by atoms with Crippen molar-refractivity contribution in [1.29, 1.82) is 0 Å². The Kier molecular flexibility index (Phi) is 5.85. The van der Waals surface area contributed by atoms with E-state index in [0.29, 0.717) is 0 Å². The van der Waals surface area contributed by atoms with E-state index in [1.54, 1.807) is 0 Å². The SMILES string of the molecule is CC1CCN(c2ccc(CCCN(C)c3ccccc3)cc2N)CC1. The number of hydrogen-bond donors (Lipinski definition) is 1. The molecule has 0 radical (unpaired) electrons. The molecule has 1 heterocycles. The van der Waals surface area contributed by atoms with Crippen molar-refractivity contribution in [2.75, 3.05) is 42.2 Å². The molecule has 3 heteroatoms. The van der Waals surface area contributed by atoms with Gasteiger partial charge in [0.25, 0.3) is 0 Å². The van der Waals surface area contributed by atoms with Crippen molar-refractivity contribution in [3.8, 4) is 0 Å². The van der Waals surface area contributed by atoms with E-state index in [-0.39, 0.29) is 0 Å². The van der Waals surface area contributed by atoms with Crippen LogP contribution < -0.4 is 15.5 Å². The monoisotopic (exact) mass is 337 g/mol. The lowest BCUT2D eigenvalue weighted by Gasteiger charge is -2.33. The van der Waals surface area contributed by atoms with Crippen LogP contribution in [0.4, 0.5) is 17.1 Å². The first-order valence-corrected chi connectivity index (χ1v) is 9.53. The van der Waals surface area contributed by atoms with Gasteiger partial charge < -0.3 is 15.5 Å². The van der Waals surface area contributed by atoms with Crippen molar-refractivity contribution in [2.45, 2.75) is 32.6 Å². The van der Waals surface area contributed by atoms with Gasteiger partial charge in [0.15, 0.2) is 0 Å². The molecule has 1 fully saturated rings. The largest absolute Gasteiger partial charge is 0.397 e. The summed E-state index contributed by atoms with van der Waals surface area (Å²) in [6.45, 7) is 5.66. The quantitative estimate of drug-likeness (QED) is 0.784. The molecule has 0 saturated carbocycles. The summed E-state index contributed by atoms with van der Waals surface area (Å²) in [5, 5.41) is 0. The molecule has 1 saturated heterocycles. The lowest BCUT2D eigenvalue weighted by atomic mass is 9.98. The molecular formula is C22H31N3. The van der Waals surface area contributed by atoms with Crippen LogP contribution in [0.15, 0.2) is 48.5 Å². The smallest absolute Gasteiger partial charge is 0.0600 e. The summed E-state index contributed by atoms with van der Waals surface area (Å²) in [6.07, 6.45) is 4.74. The zero-order valence-electron chi connectivity index (χ0n) is 15.6. The van der Waals surface area contributed by atoms with Gasteiger partial charge in [-0.3, -0.25) is 0 Å². The highest BCUT2D eigenvalue weighted by Crippen LogP contribution is 2.29. The van der Waals surface area contributed by atoms with E-state index in [1.807, 2.05) is 0 Å². The van der Waals surface area contributed by atoms with Crippen LogP contribution in [0.5, 0.6) is 0 Å². The fourth-order valence-corrected chi connectivity index (χ4v) is 3.63. The predicted octanol–water partition coefficient (Wildman–Crippen LogP) is 4.57. The predicted molar refractivity (Wildman–Crippen MR) is 109 cm³/mol. The molecule has 0 aliphatic carbocycles. The van der Waals surface area contributed by atoms with Crippen LogP contribution >= 0.6 is 0 Å². The highest BCUT2D eigenvalue weighted by Gasteiger charge is 2.17. The molecule has 2 aromatic carbocycles. The zero-order chi connectivity index (χ0) is 17.6. The molecule has 2 aromatic rings. The van der Waals surface area contributed by atoms with E-state index in [1.165, 1.54) is 29.8 Å². The zero-order valence-corrected chi connectivity index (χ0v) is 15.6. The van der Waals surface area contributed by atoms with E-state index in [4.69, 9.17) is 5.73 Å². The Labute approximate surface area is 152 Å². The number of aryl methyl sites for hydroxylation is 1. The van der Waals surface area contributed by atoms with Crippen molar-refractivity contribution < 1.29 is 0 Å². The molecule has 0 amide bonds. The van der Waals surface area contributed by atoms with Crippen molar-refractivity contribution in [3.63, 3.8) is 0 Å². The van der Waals surface area contributed by atoms with Gasteiger partial charge >= 0.3 is 0 Å². The molecular weight excluding hydrogens is 306 g/mol. The summed E-state index contributed by atoms with van der Waals surface area (Å²) < 4.78 is 0.